The quantitative estimate of drug-likeness (QED) is 0.319. The first-order valence-corrected chi connectivity index (χ1v) is 13.7. The second-order valence-corrected chi connectivity index (χ2v) is 11.1. The van der Waals surface area contributed by atoms with Gasteiger partial charge in [-0.2, -0.15) is 0 Å². The molecule has 39 heavy (non-hydrogen) atoms. The van der Waals surface area contributed by atoms with E-state index < -0.39 is 5.97 Å². The minimum absolute atomic E-state index is 0.155. The molecule has 6 nitrogen and oxygen atoms in total. The fraction of sp³-hybridized carbons (Fsp3) is 0.394. The normalized spacial score (nSPS) is 16.0. The first kappa shape index (κ1) is 28.2. The Bertz CT molecular complexity index is 1280. The molecule has 1 N–H and O–H groups in total. The van der Waals surface area contributed by atoms with Crippen LogP contribution in [0.25, 0.3) is 0 Å². The number of aliphatic carboxylic acids is 1. The van der Waals surface area contributed by atoms with Gasteiger partial charge in [0.05, 0.1) is 7.11 Å². The van der Waals surface area contributed by atoms with Crippen LogP contribution in [0.15, 0.2) is 66.7 Å². The molecule has 0 fully saturated rings. The molecule has 0 aliphatic carbocycles. The lowest BCUT2D eigenvalue weighted by molar-refractivity contribution is -0.144. The van der Waals surface area contributed by atoms with Crippen molar-refractivity contribution in [1.29, 1.82) is 0 Å². The molecule has 3 aromatic carbocycles. The van der Waals surface area contributed by atoms with Gasteiger partial charge in [-0.1, -0.05) is 62.4 Å². The summed E-state index contributed by atoms with van der Waals surface area (Å²) in [6.07, 6.45) is 3.03. The lowest BCUT2D eigenvalue weighted by atomic mass is 9.90. The van der Waals surface area contributed by atoms with E-state index in [0.717, 1.165) is 41.0 Å². The number of carboxylic acids is 1. The SMILES string of the molecule is COc1ccc(CCN(CC(=O)O)C(=O)CCc2ccc3c(c2)C[C@](C)(Cc2ccc(C(C)C)cc2)O3)cc1. The third kappa shape index (κ3) is 7.62. The van der Waals surface area contributed by atoms with Crippen LogP contribution < -0.4 is 9.47 Å². The number of rotatable bonds is 12. The predicted molar refractivity (Wildman–Crippen MR) is 153 cm³/mol. The lowest BCUT2D eigenvalue weighted by Crippen LogP contribution is -2.37. The predicted octanol–water partition coefficient (Wildman–Crippen LogP) is 5.84. The van der Waals surface area contributed by atoms with Gasteiger partial charge >= 0.3 is 5.97 Å². The van der Waals surface area contributed by atoms with Crippen molar-refractivity contribution in [2.24, 2.45) is 0 Å². The summed E-state index contributed by atoms with van der Waals surface area (Å²) in [7, 11) is 1.61. The largest absolute Gasteiger partial charge is 0.497 e. The number of hydrogen-bond acceptors (Lipinski definition) is 4. The average Bonchev–Trinajstić information content (AvgIpc) is 3.24. The van der Waals surface area contributed by atoms with Crippen molar-refractivity contribution in [3.05, 3.63) is 94.5 Å². The molecule has 0 saturated heterocycles. The smallest absolute Gasteiger partial charge is 0.323 e. The molecule has 4 rings (SSSR count). The number of benzene rings is 3. The number of carboxylic acid groups (broad SMARTS) is 1. The summed E-state index contributed by atoms with van der Waals surface area (Å²) in [6.45, 7) is 6.60. The number of hydrogen-bond donors (Lipinski definition) is 1. The molecule has 0 spiro atoms. The van der Waals surface area contributed by atoms with Gasteiger partial charge in [-0.25, -0.2) is 0 Å². The van der Waals surface area contributed by atoms with Gasteiger partial charge in [0.2, 0.25) is 5.91 Å². The van der Waals surface area contributed by atoms with Crippen LogP contribution >= 0.6 is 0 Å². The molecule has 6 heteroatoms. The Hall–Kier alpha value is -3.80. The Balaban J connectivity index is 1.34. The Morgan fingerprint density at radius 1 is 0.974 bits per heavy atom. The average molecular weight is 530 g/mol. The monoisotopic (exact) mass is 529 g/mol. The lowest BCUT2D eigenvalue weighted by Gasteiger charge is -2.24. The van der Waals surface area contributed by atoms with Gasteiger partial charge in [0.15, 0.2) is 0 Å². The van der Waals surface area contributed by atoms with Crippen molar-refractivity contribution in [2.75, 3.05) is 20.2 Å². The minimum atomic E-state index is -1.01. The molecule has 0 saturated carbocycles. The zero-order valence-corrected chi connectivity index (χ0v) is 23.4. The third-order valence-corrected chi connectivity index (χ3v) is 7.41. The molecule has 0 unspecified atom stereocenters. The molecule has 1 heterocycles. The van der Waals surface area contributed by atoms with Crippen LogP contribution in [0.5, 0.6) is 11.5 Å². The molecule has 1 atom stereocenters. The minimum Gasteiger partial charge on any atom is -0.497 e. The number of fused-ring (bicyclic) bond motifs is 1. The van der Waals surface area contributed by atoms with Gasteiger partial charge in [0, 0.05) is 25.8 Å². The van der Waals surface area contributed by atoms with Gasteiger partial charge in [-0.3, -0.25) is 9.59 Å². The number of carbonyl (C=O) groups excluding carboxylic acids is 1. The zero-order chi connectivity index (χ0) is 28.0. The highest BCUT2D eigenvalue weighted by atomic mass is 16.5. The van der Waals surface area contributed by atoms with Gasteiger partial charge in [0.25, 0.3) is 0 Å². The Morgan fingerprint density at radius 2 is 1.64 bits per heavy atom. The van der Waals surface area contributed by atoms with Crippen molar-refractivity contribution < 1.29 is 24.2 Å². The molecule has 1 aliphatic heterocycles. The summed E-state index contributed by atoms with van der Waals surface area (Å²) < 4.78 is 11.6. The number of methoxy groups -OCH3 is 1. The molecule has 206 valence electrons. The van der Waals surface area contributed by atoms with Crippen molar-refractivity contribution in [3.63, 3.8) is 0 Å². The second kappa shape index (κ2) is 12.4. The fourth-order valence-electron chi connectivity index (χ4n) is 5.20. The van der Waals surface area contributed by atoms with E-state index in [2.05, 4.69) is 51.1 Å². The van der Waals surface area contributed by atoms with Crippen LogP contribution in [0.3, 0.4) is 0 Å². The topological polar surface area (TPSA) is 76.1 Å². The van der Waals surface area contributed by atoms with Crippen molar-refractivity contribution >= 4 is 11.9 Å². The van der Waals surface area contributed by atoms with Crippen LogP contribution in [-0.2, 0) is 35.3 Å². The Morgan fingerprint density at radius 3 is 2.28 bits per heavy atom. The van der Waals surface area contributed by atoms with Gasteiger partial charge in [-0.15, -0.1) is 0 Å². The van der Waals surface area contributed by atoms with Crippen molar-refractivity contribution in [2.45, 2.75) is 64.4 Å². The van der Waals surface area contributed by atoms with E-state index in [4.69, 9.17) is 9.47 Å². The fourth-order valence-corrected chi connectivity index (χ4v) is 5.20. The van der Waals surface area contributed by atoms with Crippen molar-refractivity contribution in [3.8, 4) is 11.5 Å². The molecular formula is C33H39NO5. The molecular weight excluding hydrogens is 490 g/mol. The van der Waals surface area contributed by atoms with Crippen LogP contribution in [0.4, 0.5) is 0 Å². The number of aryl methyl sites for hydroxylation is 1. The number of nitrogens with zero attached hydrogens (tertiary/aromatic N) is 1. The first-order chi connectivity index (χ1) is 18.6. The summed E-state index contributed by atoms with van der Waals surface area (Å²) in [5, 5.41) is 9.36. The molecule has 0 aromatic heterocycles. The molecule has 1 amide bonds. The van der Waals surface area contributed by atoms with Gasteiger partial charge in [0.1, 0.15) is 23.6 Å². The Labute approximate surface area is 231 Å². The summed E-state index contributed by atoms with van der Waals surface area (Å²) in [5.41, 5.74) is 5.52. The van der Waals surface area contributed by atoms with E-state index in [0.29, 0.717) is 25.3 Å². The standard InChI is InChI=1S/C33H39NO5/c1-23(2)27-11-5-26(6-12-27)20-33(3)21-28-19-25(9-15-30(28)39-33)10-16-31(35)34(22-32(36)37)18-17-24-7-13-29(38-4)14-8-24/h5-9,11-15,19,23H,10,16-18,20-22H2,1-4H3,(H,36,37)/t33-/m0/s1. The van der Waals surface area contributed by atoms with E-state index in [-0.39, 0.29) is 24.5 Å². The summed E-state index contributed by atoms with van der Waals surface area (Å²) in [6, 6.07) is 22.5. The summed E-state index contributed by atoms with van der Waals surface area (Å²) in [4.78, 5) is 25.9. The van der Waals surface area contributed by atoms with Crippen LogP contribution in [-0.4, -0.2) is 47.7 Å². The van der Waals surface area contributed by atoms with E-state index in [9.17, 15) is 14.7 Å². The molecule has 3 aromatic rings. The van der Waals surface area contributed by atoms with Crippen molar-refractivity contribution in [1.82, 2.24) is 4.90 Å². The highest BCUT2D eigenvalue weighted by Gasteiger charge is 2.35. The molecule has 1 aliphatic rings. The van der Waals surface area contributed by atoms with E-state index in [1.165, 1.54) is 16.0 Å². The number of carbonyl (C=O) groups is 2. The third-order valence-electron chi connectivity index (χ3n) is 7.41. The molecule has 0 bridgehead atoms. The molecule has 0 radical (unpaired) electrons. The summed E-state index contributed by atoms with van der Waals surface area (Å²) in [5.74, 6) is 1.01. The second-order valence-electron chi connectivity index (χ2n) is 11.1. The first-order valence-electron chi connectivity index (χ1n) is 13.7. The van der Waals surface area contributed by atoms with Crippen LogP contribution in [0.1, 0.15) is 60.9 Å². The zero-order valence-electron chi connectivity index (χ0n) is 23.4. The highest BCUT2D eigenvalue weighted by Crippen LogP contribution is 2.37. The summed E-state index contributed by atoms with van der Waals surface area (Å²) >= 11 is 0. The maximum absolute atomic E-state index is 13.0. The van der Waals surface area contributed by atoms with E-state index >= 15 is 0 Å². The maximum atomic E-state index is 13.0. The van der Waals surface area contributed by atoms with E-state index in [1.807, 2.05) is 36.4 Å². The number of amides is 1. The van der Waals surface area contributed by atoms with E-state index in [1.54, 1.807) is 7.11 Å². The van der Waals surface area contributed by atoms with Crippen LogP contribution in [0, 0.1) is 0 Å². The van der Waals surface area contributed by atoms with Crippen LogP contribution in [0.2, 0.25) is 0 Å². The van der Waals surface area contributed by atoms with Gasteiger partial charge in [-0.05, 0) is 71.7 Å². The maximum Gasteiger partial charge on any atom is 0.323 e. The van der Waals surface area contributed by atoms with Gasteiger partial charge < -0.3 is 19.5 Å². The highest BCUT2D eigenvalue weighted by molar-refractivity contribution is 5.81. The Kier molecular flexibility index (Phi) is 8.95. The number of ether oxygens (including phenoxy) is 2.